The molecule has 4 N–H and O–H groups in total. The third-order valence-electron chi connectivity index (χ3n) is 4.86. The molecule has 5 rings (SSSR count). The quantitative estimate of drug-likeness (QED) is 0.751. The number of fused-ring (bicyclic) bond motifs is 3. The average Bonchev–Trinajstić information content (AvgIpc) is 2.64. The van der Waals surface area contributed by atoms with Gasteiger partial charge in [-0.1, -0.05) is 12.1 Å². The summed E-state index contributed by atoms with van der Waals surface area (Å²) < 4.78 is 0. The molecule has 4 heterocycles. The van der Waals surface area contributed by atoms with Gasteiger partial charge in [-0.2, -0.15) is 0 Å². The highest BCUT2D eigenvalue weighted by Gasteiger charge is 2.33. The Morgan fingerprint density at radius 2 is 2.12 bits per heavy atom. The second-order valence-corrected chi connectivity index (χ2v) is 6.44. The number of rotatable bonds is 3. The number of pyridine rings is 1. The van der Waals surface area contributed by atoms with Crippen LogP contribution in [0.3, 0.4) is 0 Å². The van der Waals surface area contributed by atoms with Crippen molar-refractivity contribution in [2.24, 2.45) is 0 Å². The van der Waals surface area contributed by atoms with Gasteiger partial charge in [0.25, 0.3) is 5.91 Å². The van der Waals surface area contributed by atoms with Gasteiger partial charge in [-0.3, -0.25) is 4.79 Å². The zero-order valence-electron chi connectivity index (χ0n) is 13.4. The summed E-state index contributed by atoms with van der Waals surface area (Å²) in [7, 11) is 0. The number of hydrogen-bond acceptors (Lipinski definition) is 5. The molecule has 6 nitrogen and oxygen atoms in total. The normalized spacial score (nSPS) is 22.4. The van der Waals surface area contributed by atoms with Gasteiger partial charge in [0.2, 0.25) is 0 Å². The van der Waals surface area contributed by atoms with E-state index in [0.29, 0.717) is 29.0 Å². The fourth-order valence-corrected chi connectivity index (χ4v) is 3.48. The molecule has 24 heavy (non-hydrogen) atoms. The van der Waals surface area contributed by atoms with E-state index in [2.05, 4.69) is 20.5 Å². The van der Waals surface area contributed by atoms with Gasteiger partial charge < -0.3 is 21.3 Å². The molecule has 2 bridgehead atoms. The van der Waals surface area contributed by atoms with Crippen LogP contribution in [0.15, 0.2) is 42.6 Å². The van der Waals surface area contributed by atoms with Crippen molar-refractivity contribution in [3.63, 3.8) is 0 Å². The molecular weight excluding hydrogens is 302 g/mol. The summed E-state index contributed by atoms with van der Waals surface area (Å²) in [4.78, 5) is 19.2. The van der Waals surface area contributed by atoms with E-state index in [1.54, 1.807) is 18.3 Å². The van der Waals surface area contributed by atoms with E-state index in [4.69, 9.17) is 5.73 Å². The lowest BCUT2D eigenvalue weighted by Gasteiger charge is -2.46. The molecule has 0 aliphatic carbocycles. The summed E-state index contributed by atoms with van der Waals surface area (Å²) in [5.41, 5.74) is 7.56. The van der Waals surface area contributed by atoms with Crippen LogP contribution < -0.4 is 21.3 Å². The molecule has 3 aliphatic rings. The molecule has 6 heteroatoms. The first-order chi connectivity index (χ1) is 11.7. The van der Waals surface area contributed by atoms with Gasteiger partial charge in [0.05, 0.1) is 16.9 Å². The van der Waals surface area contributed by atoms with E-state index in [1.807, 2.05) is 24.3 Å². The van der Waals surface area contributed by atoms with Crippen molar-refractivity contribution in [1.29, 1.82) is 0 Å². The Morgan fingerprint density at radius 3 is 2.75 bits per heavy atom. The Morgan fingerprint density at radius 1 is 1.25 bits per heavy atom. The number of amides is 1. The van der Waals surface area contributed by atoms with Crippen LogP contribution in [-0.2, 0) is 0 Å². The molecule has 2 aromatic rings. The number of para-hydroxylation sites is 2. The number of benzene rings is 1. The van der Waals surface area contributed by atoms with E-state index < -0.39 is 0 Å². The number of nitrogens with two attached hydrogens (primary N) is 1. The fraction of sp³-hybridized carbons (Fsp3) is 0.333. The molecule has 0 radical (unpaired) electrons. The number of nitrogens with zero attached hydrogens (tertiary/aromatic N) is 2. The van der Waals surface area contributed by atoms with Crippen LogP contribution in [0.4, 0.5) is 17.2 Å². The molecular formula is C18H21N5O. The van der Waals surface area contributed by atoms with Crippen LogP contribution in [0.2, 0.25) is 0 Å². The largest absolute Gasteiger partial charge is 0.397 e. The van der Waals surface area contributed by atoms with Crippen LogP contribution in [0.5, 0.6) is 0 Å². The highest BCUT2D eigenvalue weighted by atomic mass is 16.1. The molecule has 1 aromatic carbocycles. The lowest BCUT2D eigenvalue weighted by molar-refractivity contribution is 0.102. The number of anilines is 3. The number of aromatic nitrogens is 1. The zero-order chi connectivity index (χ0) is 16.5. The van der Waals surface area contributed by atoms with E-state index in [0.717, 1.165) is 18.9 Å². The van der Waals surface area contributed by atoms with E-state index in [1.165, 1.54) is 12.8 Å². The smallest absolute Gasteiger partial charge is 0.257 e. The predicted octanol–water partition coefficient (Wildman–Crippen LogP) is 1.86. The van der Waals surface area contributed by atoms with Crippen LogP contribution >= 0.6 is 0 Å². The van der Waals surface area contributed by atoms with Gasteiger partial charge in [0.1, 0.15) is 5.82 Å². The number of carbonyl (C=O) groups excluding carboxylic acids is 1. The maximum absolute atomic E-state index is 12.4. The SMILES string of the molecule is Nc1ccccc1NC(=O)c1ccc(N2C[C@@H]3CC[C@H]2CN3)nc1. The van der Waals surface area contributed by atoms with Crippen LogP contribution in [0.1, 0.15) is 23.2 Å². The lowest BCUT2D eigenvalue weighted by atomic mass is 9.93. The van der Waals surface area contributed by atoms with Gasteiger partial charge >= 0.3 is 0 Å². The maximum atomic E-state index is 12.4. The summed E-state index contributed by atoms with van der Waals surface area (Å²) >= 11 is 0. The van der Waals surface area contributed by atoms with Gasteiger partial charge in [-0.15, -0.1) is 0 Å². The molecule has 1 aromatic heterocycles. The second-order valence-electron chi connectivity index (χ2n) is 6.44. The highest BCUT2D eigenvalue weighted by Crippen LogP contribution is 2.27. The monoisotopic (exact) mass is 323 g/mol. The minimum atomic E-state index is -0.200. The Balaban J connectivity index is 1.47. The molecule has 0 unspecified atom stereocenters. The van der Waals surface area contributed by atoms with Crippen LogP contribution in [0, 0.1) is 0 Å². The summed E-state index contributed by atoms with van der Waals surface area (Å²) in [5.74, 6) is 0.746. The molecule has 3 saturated heterocycles. The summed E-state index contributed by atoms with van der Waals surface area (Å²) in [5, 5.41) is 6.36. The van der Waals surface area contributed by atoms with Crippen molar-refractivity contribution >= 4 is 23.1 Å². The first-order valence-corrected chi connectivity index (χ1v) is 8.32. The second kappa shape index (κ2) is 6.13. The number of nitrogen functional groups attached to an aromatic ring is 1. The summed E-state index contributed by atoms with van der Waals surface area (Å²) in [6, 6.07) is 12.0. The number of hydrogen-bond donors (Lipinski definition) is 3. The van der Waals surface area contributed by atoms with Gasteiger partial charge in [0.15, 0.2) is 0 Å². The van der Waals surface area contributed by atoms with Crippen molar-refractivity contribution < 1.29 is 4.79 Å². The maximum Gasteiger partial charge on any atom is 0.257 e. The van der Waals surface area contributed by atoms with Crippen LogP contribution in [0.25, 0.3) is 0 Å². The summed E-state index contributed by atoms with van der Waals surface area (Å²) in [6.07, 6.45) is 4.08. The highest BCUT2D eigenvalue weighted by molar-refractivity contribution is 6.05. The van der Waals surface area contributed by atoms with Crippen molar-refractivity contribution in [3.8, 4) is 0 Å². The molecule has 0 saturated carbocycles. The first kappa shape index (κ1) is 15.0. The topological polar surface area (TPSA) is 83.3 Å². The molecule has 0 spiro atoms. The predicted molar refractivity (Wildman–Crippen MR) is 95.2 cm³/mol. The number of piperidine rings is 2. The Labute approximate surface area is 141 Å². The van der Waals surface area contributed by atoms with Gasteiger partial charge in [-0.25, -0.2) is 4.98 Å². The minimum absolute atomic E-state index is 0.200. The fourth-order valence-electron chi connectivity index (χ4n) is 3.48. The van der Waals surface area contributed by atoms with E-state index in [9.17, 15) is 4.79 Å². The molecule has 1 amide bonds. The van der Waals surface area contributed by atoms with E-state index >= 15 is 0 Å². The third kappa shape index (κ3) is 2.80. The van der Waals surface area contributed by atoms with Gasteiger partial charge in [-0.05, 0) is 37.1 Å². The van der Waals surface area contributed by atoms with Crippen molar-refractivity contribution in [2.75, 3.05) is 29.0 Å². The molecule has 3 fully saturated rings. The molecule has 2 atom stereocenters. The number of piperazine rings is 1. The third-order valence-corrected chi connectivity index (χ3v) is 4.86. The molecule has 3 aliphatic heterocycles. The number of nitrogens with one attached hydrogen (secondary N) is 2. The van der Waals surface area contributed by atoms with Crippen molar-refractivity contribution in [1.82, 2.24) is 10.3 Å². The average molecular weight is 323 g/mol. The molecule has 124 valence electrons. The standard InChI is InChI=1S/C18H21N5O/c19-15-3-1-2-4-16(15)22-18(24)12-5-8-17(21-9-12)23-11-13-6-7-14(23)10-20-13/h1-5,8-9,13-14,20H,6-7,10-11,19H2,(H,22,24)/t13-,14-/m0/s1. The van der Waals surface area contributed by atoms with Crippen LogP contribution in [-0.4, -0.2) is 36.1 Å². The van der Waals surface area contributed by atoms with Crippen molar-refractivity contribution in [2.45, 2.75) is 24.9 Å². The first-order valence-electron chi connectivity index (χ1n) is 8.32. The lowest BCUT2D eigenvalue weighted by Crippen LogP contribution is -2.61. The minimum Gasteiger partial charge on any atom is -0.397 e. The van der Waals surface area contributed by atoms with Crippen molar-refractivity contribution in [3.05, 3.63) is 48.2 Å². The number of carbonyl (C=O) groups is 1. The summed E-state index contributed by atoms with van der Waals surface area (Å²) in [6.45, 7) is 2.01. The van der Waals surface area contributed by atoms with E-state index in [-0.39, 0.29) is 5.91 Å². The Bertz CT molecular complexity index is 737. The van der Waals surface area contributed by atoms with Gasteiger partial charge in [0, 0.05) is 31.4 Å². The zero-order valence-corrected chi connectivity index (χ0v) is 13.4. The Hall–Kier alpha value is -2.60. The Kier molecular flexibility index (Phi) is 3.82.